The molecule has 2 heterocycles. The van der Waals surface area contributed by atoms with Gasteiger partial charge >= 0.3 is 0 Å². The van der Waals surface area contributed by atoms with E-state index in [1.807, 2.05) is 42.5 Å². The Kier molecular flexibility index (Phi) is 4.29. The number of aromatic nitrogens is 2. The van der Waals surface area contributed by atoms with Crippen LogP contribution in [0.3, 0.4) is 0 Å². The third-order valence-corrected chi connectivity index (χ3v) is 5.45. The van der Waals surface area contributed by atoms with Crippen molar-refractivity contribution in [2.24, 2.45) is 0 Å². The quantitative estimate of drug-likeness (QED) is 0.520. The molecule has 0 N–H and O–H groups in total. The lowest BCUT2D eigenvalue weighted by atomic mass is 10.1. The fourth-order valence-electron chi connectivity index (χ4n) is 2.75. The maximum Gasteiger partial charge on any atom is 0.271 e. The number of halogens is 1. The zero-order chi connectivity index (χ0) is 18.1. The molecule has 0 atom stereocenters. The number of nitrogens with zero attached hydrogens (tertiary/aromatic N) is 3. The molecular weight excluding hydrogens is 366 g/mol. The Morgan fingerprint density at radius 3 is 2.73 bits per heavy atom. The number of nitriles is 1. The summed E-state index contributed by atoms with van der Waals surface area (Å²) in [5.41, 5.74) is 3.08. The highest BCUT2D eigenvalue weighted by molar-refractivity contribution is 7.22. The van der Waals surface area contributed by atoms with E-state index in [4.69, 9.17) is 16.9 Å². The van der Waals surface area contributed by atoms with Crippen molar-refractivity contribution in [1.29, 1.82) is 5.26 Å². The lowest BCUT2D eigenvalue weighted by Crippen LogP contribution is -2.20. The number of rotatable bonds is 3. The lowest BCUT2D eigenvalue weighted by molar-refractivity contribution is 0.749. The number of benzene rings is 2. The van der Waals surface area contributed by atoms with E-state index in [0.29, 0.717) is 27.3 Å². The molecule has 0 aliphatic carbocycles. The summed E-state index contributed by atoms with van der Waals surface area (Å²) >= 11 is 7.36. The maximum atomic E-state index is 12.8. The van der Waals surface area contributed by atoms with Crippen molar-refractivity contribution in [3.8, 4) is 16.5 Å². The Bertz CT molecular complexity index is 1200. The topological polar surface area (TPSA) is 58.7 Å². The van der Waals surface area contributed by atoms with Crippen LogP contribution in [0.5, 0.6) is 0 Å². The zero-order valence-electron chi connectivity index (χ0n) is 13.5. The fourth-order valence-corrected chi connectivity index (χ4v) is 3.94. The normalized spacial score (nSPS) is 10.8. The van der Waals surface area contributed by atoms with Crippen LogP contribution in [0, 0.1) is 11.3 Å². The summed E-state index contributed by atoms with van der Waals surface area (Å²) in [6.45, 7) is 0.380. The molecule has 0 fully saturated rings. The minimum atomic E-state index is -0.0809. The van der Waals surface area contributed by atoms with Gasteiger partial charge in [0, 0.05) is 9.90 Å². The van der Waals surface area contributed by atoms with Gasteiger partial charge in [0.15, 0.2) is 0 Å². The summed E-state index contributed by atoms with van der Waals surface area (Å²) in [6.07, 6.45) is 1.56. The molecule has 0 saturated carbocycles. The lowest BCUT2D eigenvalue weighted by Gasteiger charge is -2.05. The number of fused-ring (bicyclic) bond motifs is 1. The molecule has 0 saturated heterocycles. The molecule has 0 aliphatic rings. The highest BCUT2D eigenvalue weighted by Gasteiger charge is 2.11. The fraction of sp³-hybridized carbons (Fsp3) is 0.0500. The highest BCUT2D eigenvalue weighted by atomic mass is 35.5. The predicted molar refractivity (Wildman–Crippen MR) is 105 cm³/mol. The molecule has 2 aromatic carbocycles. The van der Waals surface area contributed by atoms with E-state index in [1.54, 1.807) is 23.0 Å². The Morgan fingerprint density at radius 1 is 1.15 bits per heavy atom. The summed E-state index contributed by atoms with van der Waals surface area (Å²) in [6, 6.07) is 18.8. The first-order valence-corrected chi connectivity index (χ1v) is 9.07. The van der Waals surface area contributed by atoms with E-state index in [0.717, 1.165) is 16.0 Å². The molecule has 0 radical (unpaired) electrons. The molecular formula is C20H12ClN3OS. The highest BCUT2D eigenvalue weighted by Crippen LogP contribution is 2.31. The largest absolute Gasteiger partial charge is 0.294 e. The van der Waals surface area contributed by atoms with Crippen LogP contribution in [0.15, 0.2) is 65.7 Å². The molecule has 0 aliphatic heterocycles. The molecule has 0 bridgehead atoms. The standard InChI is InChI=1S/C20H12ClN3OS/c21-16-6-4-15(5-7-16)18-9-17-19(26-18)20(25)24(12-23-17)11-14-3-1-2-13(8-14)10-22/h1-9,12H,11H2. The van der Waals surface area contributed by atoms with Crippen molar-refractivity contribution in [3.05, 3.63) is 87.4 Å². The van der Waals surface area contributed by atoms with Crippen molar-refractivity contribution in [2.45, 2.75) is 6.54 Å². The summed E-state index contributed by atoms with van der Waals surface area (Å²) in [5, 5.41) is 9.69. The first-order chi connectivity index (χ1) is 12.6. The third kappa shape index (κ3) is 3.13. The van der Waals surface area contributed by atoms with Gasteiger partial charge in [-0.25, -0.2) is 4.98 Å². The van der Waals surface area contributed by atoms with Crippen molar-refractivity contribution in [2.75, 3.05) is 0 Å². The molecule has 2 aromatic heterocycles. The van der Waals surface area contributed by atoms with Gasteiger partial charge in [-0.3, -0.25) is 9.36 Å². The average molecular weight is 378 g/mol. The molecule has 0 unspecified atom stereocenters. The minimum absolute atomic E-state index is 0.0809. The second kappa shape index (κ2) is 6.75. The maximum absolute atomic E-state index is 12.8. The Balaban J connectivity index is 1.74. The van der Waals surface area contributed by atoms with Crippen LogP contribution in [0.4, 0.5) is 0 Å². The second-order valence-electron chi connectivity index (χ2n) is 5.82. The van der Waals surface area contributed by atoms with E-state index >= 15 is 0 Å². The molecule has 0 spiro atoms. The first kappa shape index (κ1) is 16.5. The van der Waals surface area contributed by atoms with Gasteiger partial charge in [0.25, 0.3) is 5.56 Å². The van der Waals surface area contributed by atoms with Crippen LogP contribution in [0.1, 0.15) is 11.1 Å². The molecule has 6 heteroatoms. The van der Waals surface area contributed by atoms with Crippen molar-refractivity contribution < 1.29 is 0 Å². The van der Waals surface area contributed by atoms with Gasteiger partial charge in [-0.05, 0) is 41.5 Å². The molecule has 4 rings (SSSR count). The van der Waals surface area contributed by atoms with Gasteiger partial charge < -0.3 is 0 Å². The van der Waals surface area contributed by atoms with Crippen molar-refractivity contribution in [3.63, 3.8) is 0 Å². The first-order valence-electron chi connectivity index (χ1n) is 7.88. The molecule has 4 nitrogen and oxygen atoms in total. The number of hydrogen-bond donors (Lipinski definition) is 0. The van der Waals surface area contributed by atoms with Crippen LogP contribution in [0.2, 0.25) is 5.02 Å². The van der Waals surface area contributed by atoms with Crippen molar-refractivity contribution in [1.82, 2.24) is 9.55 Å². The van der Waals surface area contributed by atoms with Crippen LogP contribution in [-0.4, -0.2) is 9.55 Å². The van der Waals surface area contributed by atoms with E-state index in [1.165, 1.54) is 11.3 Å². The summed E-state index contributed by atoms with van der Waals surface area (Å²) in [7, 11) is 0. The second-order valence-corrected chi connectivity index (χ2v) is 7.31. The van der Waals surface area contributed by atoms with Crippen molar-refractivity contribution >= 4 is 33.2 Å². The smallest absolute Gasteiger partial charge is 0.271 e. The van der Waals surface area contributed by atoms with Gasteiger partial charge in [0.05, 0.1) is 30.0 Å². The minimum Gasteiger partial charge on any atom is -0.294 e. The summed E-state index contributed by atoms with van der Waals surface area (Å²) in [5.74, 6) is 0. The monoisotopic (exact) mass is 377 g/mol. The van der Waals surface area contributed by atoms with Gasteiger partial charge in [-0.15, -0.1) is 11.3 Å². The Labute approximate surface area is 158 Å². The van der Waals surface area contributed by atoms with Crippen LogP contribution in [0.25, 0.3) is 20.7 Å². The van der Waals surface area contributed by atoms with E-state index in [-0.39, 0.29) is 5.56 Å². The summed E-state index contributed by atoms with van der Waals surface area (Å²) in [4.78, 5) is 18.2. The van der Waals surface area contributed by atoms with Crippen LogP contribution in [-0.2, 0) is 6.54 Å². The Morgan fingerprint density at radius 2 is 1.96 bits per heavy atom. The van der Waals surface area contributed by atoms with Crippen LogP contribution < -0.4 is 5.56 Å². The zero-order valence-corrected chi connectivity index (χ0v) is 15.1. The van der Waals surface area contributed by atoms with Gasteiger partial charge in [0.2, 0.25) is 0 Å². The molecule has 126 valence electrons. The predicted octanol–water partition coefficient (Wildman–Crippen LogP) is 4.70. The average Bonchev–Trinajstić information content (AvgIpc) is 3.10. The van der Waals surface area contributed by atoms with E-state index in [2.05, 4.69) is 11.1 Å². The van der Waals surface area contributed by atoms with Crippen LogP contribution >= 0.6 is 22.9 Å². The number of thiophene rings is 1. The molecule has 0 amide bonds. The van der Waals surface area contributed by atoms with E-state index in [9.17, 15) is 4.79 Å². The van der Waals surface area contributed by atoms with Gasteiger partial charge in [-0.1, -0.05) is 35.9 Å². The molecule has 26 heavy (non-hydrogen) atoms. The number of hydrogen-bond acceptors (Lipinski definition) is 4. The third-order valence-electron chi connectivity index (χ3n) is 4.04. The Hall–Kier alpha value is -2.94. The van der Waals surface area contributed by atoms with E-state index < -0.39 is 0 Å². The SMILES string of the molecule is N#Cc1cccc(Cn2cnc3cc(-c4ccc(Cl)cc4)sc3c2=O)c1. The molecule has 4 aromatic rings. The summed E-state index contributed by atoms with van der Waals surface area (Å²) < 4.78 is 2.19. The van der Waals surface area contributed by atoms with Gasteiger partial charge in [0.1, 0.15) is 4.70 Å². The van der Waals surface area contributed by atoms with Gasteiger partial charge in [-0.2, -0.15) is 5.26 Å².